The predicted octanol–water partition coefficient (Wildman–Crippen LogP) is -0.0517. The quantitative estimate of drug-likeness (QED) is 0.827. The van der Waals surface area contributed by atoms with Crippen molar-refractivity contribution in [2.24, 2.45) is 0 Å². The van der Waals surface area contributed by atoms with Gasteiger partial charge in [-0.25, -0.2) is 9.36 Å². The smallest absolute Gasteiger partial charge is 0.337 e. The van der Waals surface area contributed by atoms with Crippen molar-refractivity contribution in [3.63, 3.8) is 0 Å². The number of ether oxygens (including phenoxy) is 1. The maximum atomic E-state index is 12.7. The van der Waals surface area contributed by atoms with Crippen LogP contribution in [0, 0.1) is 6.92 Å². The number of aryl methyl sites for hydroxylation is 1. The lowest BCUT2D eigenvalue weighted by Gasteiger charge is -2.16. The largest absolute Gasteiger partial charge is 0.394 e. The minimum atomic E-state index is -0.850. The van der Waals surface area contributed by atoms with Crippen LogP contribution in [0.3, 0.4) is 0 Å². The molecule has 7 nitrogen and oxygen atoms in total. The molecule has 7 heteroatoms. The van der Waals surface area contributed by atoms with E-state index in [2.05, 4.69) is 0 Å². The second kappa shape index (κ2) is 6.11. The van der Waals surface area contributed by atoms with Gasteiger partial charge in [0.15, 0.2) is 0 Å². The topological polar surface area (TPSA) is 93.7 Å². The number of nitrogens with zero attached hydrogens (tertiary/aromatic N) is 2. The summed E-state index contributed by atoms with van der Waals surface area (Å²) in [4.78, 5) is 24.8. The van der Waals surface area contributed by atoms with Crippen LogP contribution in [-0.4, -0.2) is 38.2 Å². The highest BCUT2D eigenvalue weighted by Gasteiger charge is 2.35. The maximum Gasteiger partial charge on any atom is 0.337 e. The van der Waals surface area contributed by atoms with Crippen molar-refractivity contribution >= 4 is 0 Å². The molecule has 0 amide bonds. The van der Waals surface area contributed by atoms with Gasteiger partial charge in [-0.3, -0.25) is 9.36 Å². The maximum absolute atomic E-state index is 12.7. The first-order valence-electron chi connectivity index (χ1n) is 7.37. The Morgan fingerprint density at radius 3 is 2.52 bits per heavy atom. The van der Waals surface area contributed by atoms with Gasteiger partial charge in [0.05, 0.1) is 18.4 Å². The fourth-order valence-electron chi connectivity index (χ4n) is 2.69. The molecule has 1 saturated heterocycles. The van der Waals surface area contributed by atoms with Gasteiger partial charge in [0.1, 0.15) is 12.3 Å². The Morgan fingerprint density at radius 1 is 1.22 bits per heavy atom. The molecule has 2 aromatic rings. The van der Waals surface area contributed by atoms with Crippen molar-refractivity contribution in [1.29, 1.82) is 0 Å². The Bertz CT molecular complexity index is 808. The zero-order valence-corrected chi connectivity index (χ0v) is 12.6. The molecule has 0 unspecified atom stereocenters. The fourth-order valence-corrected chi connectivity index (χ4v) is 2.69. The molecule has 0 aliphatic carbocycles. The van der Waals surface area contributed by atoms with E-state index in [1.165, 1.54) is 16.8 Å². The lowest BCUT2D eigenvalue weighted by molar-refractivity contribution is -0.0461. The van der Waals surface area contributed by atoms with E-state index in [-0.39, 0.29) is 13.0 Å². The Balaban J connectivity index is 2.05. The van der Waals surface area contributed by atoms with Crippen LogP contribution >= 0.6 is 0 Å². The van der Waals surface area contributed by atoms with Crippen LogP contribution in [0.4, 0.5) is 0 Å². The highest BCUT2D eigenvalue weighted by molar-refractivity contribution is 5.34. The number of rotatable bonds is 3. The number of aliphatic hydroxyl groups excluding tert-OH is 2. The average molecular weight is 318 g/mol. The summed E-state index contributed by atoms with van der Waals surface area (Å²) in [6.45, 7) is 1.59. The third-order valence-electron chi connectivity index (χ3n) is 4.00. The molecule has 23 heavy (non-hydrogen) atoms. The second-order valence-electron chi connectivity index (χ2n) is 5.63. The zero-order valence-electron chi connectivity index (χ0n) is 12.6. The van der Waals surface area contributed by atoms with E-state index >= 15 is 0 Å². The molecule has 0 radical (unpaired) electrons. The number of benzene rings is 1. The summed E-state index contributed by atoms with van der Waals surface area (Å²) in [7, 11) is 0. The molecule has 1 fully saturated rings. The molecule has 0 spiro atoms. The van der Waals surface area contributed by atoms with E-state index in [4.69, 9.17) is 9.84 Å². The minimum absolute atomic E-state index is 0.178. The van der Waals surface area contributed by atoms with E-state index in [0.717, 1.165) is 10.1 Å². The first kappa shape index (κ1) is 15.7. The van der Waals surface area contributed by atoms with Crippen molar-refractivity contribution in [3.8, 4) is 5.69 Å². The molecule has 2 N–H and O–H groups in total. The third-order valence-corrected chi connectivity index (χ3v) is 4.00. The summed E-state index contributed by atoms with van der Waals surface area (Å²) >= 11 is 0. The van der Waals surface area contributed by atoms with Crippen LogP contribution in [-0.2, 0) is 4.74 Å². The first-order chi connectivity index (χ1) is 11.0. The van der Waals surface area contributed by atoms with E-state index in [0.29, 0.717) is 5.69 Å². The monoisotopic (exact) mass is 318 g/mol. The van der Waals surface area contributed by atoms with Crippen molar-refractivity contribution < 1.29 is 14.9 Å². The molecule has 2 heterocycles. The lowest BCUT2D eigenvalue weighted by atomic mass is 10.2. The van der Waals surface area contributed by atoms with Gasteiger partial charge < -0.3 is 14.9 Å². The highest BCUT2D eigenvalue weighted by atomic mass is 16.5. The van der Waals surface area contributed by atoms with Gasteiger partial charge in [0.25, 0.3) is 5.56 Å². The van der Waals surface area contributed by atoms with Gasteiger partial charge >= 0.3 is 5.69 Å². The molecule has 1 aromatic carbocycles. The second-order valence-corrected chi connectivity index (χ2v) is 5.63. The summed E-state index contributed by atoms with van der Waals surface area (Å²) in [6.07, 6.45) is -0.765. The average Bonchev–Trinajstić information content (AvgIpc) is 2.90. The van der Waals surface area contributed by atoms with Crippen LogP contribution in [0.2, 0.25) is 0 Å². The number of aliphatic hydroxyl groups is 2. The van der Waals surface area contributed by atoms with E-state index in [1.54, 1.807) is 12.1 Å². The summed E-state index contributed by atoms with van der Waals surface area (Å²) in [6, 6.07) is 8.31. The molecule has 1 aliphatic heterocycles. The zero-order chi connectivity index (χ0) is 16.6. The Hall–Kier alpha value is -2.22. The molecule has 0 bridgehead atoms. The summed E-state index contributed by atoms with van der Waals surface area (Å²) in [5.41, 5.74) is 0.507. The molecular formula is C16H18N2O5. The highest BCUT2D eigenvalue weighted by Crippen LogP contribution is 2.27. The van der Waals surface area contributed by atoms with E-state index in [1.807, 2.05) is 19.1 Å². The molecule has 0 saturated carbocycles. The van der Waals surface area contributed by atoms with Gasteiger partial charge in [0.2, 0.25) is 0 Å². The van der Waals surface area contributed by atoms with Crippen LogP contribution in [0.15, 0.2) is 46.1 Å². The third kappa shape index (κ3) is 2.86. The predicted molar refractivity (Wildman–Crippen MR) is 82.7 cm³/mol. The minimum Gasteiger partial charge on any atom is -0.394 e. The van der Waals surface area contributed by atoms with E-state index in [9.17, 15) is 14.7 Å². The molecular weight excluding hydrogens is 300 g/mol. The van der Waals surface area contributed by atoms with Crippen LogP contribution in [0.1, 0.15) is 18.2 Å². The normalized spacial score (nSPS) is 24.0. The first-order valence-corrected chi connectivity index (χ1v) is 7.37. The molecule has 1 aliphatic rings. The Morgan fingerprint density at radius 2 is 1.91 bits per heavy atom. The van der Waals surface area contributed by atoms with E-state index < -0.39 is 29.7 Å². The van der Waals surface area contributed by atoms with Crippen LogP contribution < -0.4 is 11.2 Å². The van der Waals surface area contributed by atoms with Crippen molar-refractivity contribution in [1.82, 2.24) is 9.13 Å². The summed E-state index contributed by atoms with van der Waals surface area (Å²) < 4.78 is 7.81. The SMILES string of the molecule is Cc1ccc(-n2c(=O)ccn([C@H]3C[C@H](O)[C@@H](CO)O3)c2=O)cc1. The Labute approximate surface area is 132 Å². The van der Waals surface area contributed by atoms with Gasteiger partial charge in [-0.1, -0.05) is 17.7 Å². The number of hydrogen-bond donors (Lipinski definition) is 2. The van der Waals surface area contributed by atoms with Gasteiger partial charge in [0, 0.05) is 18.7 Å². The molecule has 3 atom stereocenters. The summed E-state index contributed by atoms with van der Waals surface area (Å²) in [5, 5.41) is 19.0. The molecule has 1 aromatic heterocycles. The van der Waals surface area contributed by atoms with Crippen LogP contribution in [0.5, 0.6) is 0 Å². The van der Waals surface area contributed by atoms with Crippen LogP contribution in [0.25, 0.3) is 5.69 Å². The Kier molecular flexibility index (Phi) is 4.16. The lowest BCUT2D eigenvalue weighted by Crippen LogP contribution is -2.39. The van der Waals surface area contributed by atoms with Crippen molar-refractivity contribution in [3.05, 3.63) is 62.9 Å². The van der Waals surface area contributed by atoms with Crippen molar-refractivity contribution in [2.45, 2.75) is 31.8 Å². The number of aromatic nitrogens is 2. The van der Waals surface area contributed by atoms with Gasteiger partial charge in [-0.2, -0.15) is 0 Å². The molecule has 3 rings (SSSR count). The standard InChI is InChI=1S/C16H18N2O5/c1-10-2-4-11(5-3-10)18-14(21)6-7-17(16(18)22)15-8-12(20)13(9-19)23-15/h2-7,12-13,15,19-20H,8-9H2,1H3/t12-,13+,15+/m0/s1. The molecule has 122 valence electrons. The fraction of sp³-hybridized carbons (Fsp3) is 0.375. The van der Waals surface area contributed by atoms with Crippen molar-refractivity contribution in [2.75, 3.05) is 6.61 Å². The number of hydrogen-bond acceptors (Lipinski definition) is 5. The van der Waals surface area contributed by atoms with Gasteiger partial charge in [-0.15, -0.1) is 0 Å². The van der Waals surface area contributed by atoms with Gasteiger partial charge in [-0.05, 0) is 19.1 Å². The summed E-state index contributed by atoms with van der Waals surface area (Å²) in [5.74, 6) is 0.